The van der Waals surface area contributed by atoms with E-state index < -0.39 is 0 Å². The SMILES string of the molecule is CC(C)(N)CNc1nc2ccc(Cl)cn2n1. The summed E-state index contributed by atoms with van der Waals surface area (Å²) in [6, 6.07) is 3.59. The van der Waals surface area contributed by atoms with Gasteiger partial charge in [-0.2, -0.15) is 4.98 Å². The highest BCUT2D eigenvalue weighted by atomic mass is 35.5. The molecule has 2 aromatic heterocycles. The van der Waals surface area contributed by atoms with E-state index in [-0.39, 0.29) is 5.54 Å². The molecule has 0 saturated heterocycles. The van der Waals surface area contributed by atoms with Crippen LogP contribution in [0.5, 0.6) is 0 Å². The van der Waals surface area contributed by atoms with Gasteiger partial charge in [0.15, 0.2) is 5.65 Å². The van der Waals surface area contributed by atoms with Gasteiger partial charge in [0.1, 0.15) is 0 Å². The Morgan fingerprint density at radius 1 is 1.50 bits per heavy atom. The van der Waals surface area contributed by atoms with E-state index in [1.54, 1.807) is 16.8 Å². The van der Waals surface area contributed by atoms with Gasteiger partial charge in [0.05, 0.1) is 5.02 Å². The molecule has 2 heterocycles. The maximum absolute atomic E-state index is 5.86. The number of rotatable bonds is 3. The Balaban J connectivity index is 2.20. The molecule has 0 aliphatic carbocycles. The fourth-order valence-corrected chi connectivity index (χ4v) is 1.40. The van der Waals surface area contributed by atoms with Crippen LogP contribution in [0.15, 0.2) is 18.3 Å². The van der Waals surface area contributed by atoms with E-state index in [1.807, 2.05) is 19.9 Å². The molecule has 0 fully saturated rings. The fourth-order valence-electron chi connectivity index (χ4n) is 1.24. The van der Waals surface area contributed by atoms with Gasteiger partial charge in [-0.05, 0) is 26.0 Å². The molecule has 0 bridgehead atoms. The first kappa shape index (κ1) is 11.2. The van der Waals surface area contributed by atoms with Crippen molar-refractivity contribution in [3.63, 3.8) is 0 Å². The van der Waals surface area contributed by atoms with E-state index in [0.717, 1.165) is 5.65 Å². The van der Waals surface area contributed by atoms with Gasteiger partial charge >= 0.3 is 0 Å². The molecular weight excluding hydrogens is 226 g/mol. The molecule has 3 N–H and O–H groups in total. The van der Waals surface area contributed by atoms with Crippen LogP contribution in [-0.4, -0.2) is 26.7 Å². The number of fused-ring (bicyclic) bond motifs is 1. The zero-order valence-corrected chi connectivity index (χ0v) is 9.99. The Labute approximate surface area is 98.6 Å². The van der Waals surface area contributed by atoms with Gasteiger partial charge in [0.25, 0.3) is 0 Å². The van der Waals surface area contributed by atoms with Crippen LogP contribution in [0.2, 0.25) is 5.02 Å². The van der Waals surface area contributed by atoms with Crippen LogP contribution in [0.4, 0.5) is 5.95 Å². The highest BCUT2D eigenvalue weighted by molar-refractivity contribution is 6.30. The van der Waals surface area contributed by atoms with Crippen LogP contribution in [0, 0.1) is 0 Å². The van der Waals surface area contributed by atoms with Crippen LogP contribution in [0.3, 0.4) is 0 Å². The van der Waals surface area contributed by atoms with Crippen LogP contribution in [0.1, 0.15) is 13.8 Å². The van der Waals surface area contributed by atoms with E-state index in [1.165, 1.54) is 0 Å². The monoisotopic (exact) mass is 239 g/mol. The number of nitrogens with zero attached hydrogens (tertiary/aromatic N) is 3. The average Bonchev–Trinajstić information content (AvgIpc) is 2.55. The predicted molar refractivity (Wildman–Crippen MR) is 64.8 cm³/mol. The second-order valence-corrected chi connectivity index (χ2v) is 4.86. The zero-order valence-electron chi connectivity index (χ0n) is 9.24. The fraction of sp³-hybridized carbons (Fsp3) is 0.400. The molecule has 0 unspecified atom stereocenters. The van der Waals surface area contributed by atoms with Crippen molar-refractivity contribution in [1.29, 1.82) is 0 Å². The molecule has 6 heteroatoms. The summed E-state index contributed by atoms with van der Waals surface area (Å²) in [4.78, 5) is 4.28. The summed E-state index contributed by atoms with van der Waals surface area (Å²) in [5, 5.41) is 7.94. The number of halogens is 1. The van der Waals surface area contributed by atoms with Gasteiger partial charge in [-0.1, -0.05) is 11.6 Å². The lowest BCUT2D eigenvalue weighted by molar-refractivity contribution is 0.547. The summed E-state index contributed by atoms with van der Waals surface area (Å²) in [6.07, 6.45) is 1.71. The highest BCUT2D eigenvalue weighted by Crippen LogP contribution is 2.11. The van der Waals surface area contributed by atoms with Crippen molar-refractivity contribution in [1.82, 2.24) is 14.6 Å². The van der Waals surface area contributed by atoms with Gasteiger partial charge in [0, 0.05) is 18.3 Å². The first-order valence-electron chi connectivity index (χ1n) is 4.99. The van der Waals surface area contributed by atoms with Crippen molar-refractivity contribution in [2.75, 3.05) is 11.9 Å². The van der Waals surface area contributed by atoms with Crippen molar-refractivity contribution >= 4 is 23.2 Å². The lowest BCUT2D eigenvalue weighted by Gasteiger charge is -2.17. The minimum absolute atomic E-state index is 0.297. The molecule has 2 aromatic rings. The Bertz CT molecular complexity index is 499. The number of hydrogen-bond acceptors (Lipinski definition) is 4. The van der Waals surface area contributed by atoms with Crippen molar-refractivity contribution < 1.29 is 0 Å². The summed E-state index contributed by atoms with van der Waals surface area (Å²) >= 11 is 5.85. The molecule has 2 rings (SSSR count). The quantitative estimate of drug-likeness (QED) is 0.853. The van der Waals surface area contributed by atoms with Gasteiger partial charge in [0.2, 0.25) is 5.95 Å². The van der Waals surface area contributed by atoms with Gasteiger partial charge in [-0.15, -0.1) is 5.10 Å². The minimum atomic E-state index is -0.297. The third-order valence-electron chi connectivity index (χ3n) is 2.00. The lowest BCUT2D eigenvalue weighted by Crippen LogP contribution is -2.39. The van der Waals surface area contributed by atoms with Crippen molar-refractivity contribution in [3.05, 3.63) is 23.4 Å². The topological polar surface area (TPSA) is 68.2 Å². The lowest BCUT2D eigenvalue weighted by atomic mass is 10.1. The summed E-state index contributed by atoms with van der Waals surface area (Å²) in [7, 11) is 0. The Morgan fingerprint density at radius 2 is 2.25 bits per heavy atom. The normalized spacial score (nSPS) is 12.0. The second kappa shape index (κ2) is 3.92. The summed E-state index contributed by atoms with van der Waals surface area (Å²) < 4.78 is 1.63. The number of pyridine rings is 1. The summed E-state index contributed by atoms with van der Waals surface area (Å²) in [5.41, 5.74) is 6.31. The number of hydrogen-bond donors (Lipinski definition) is 2. The molecule has 0 aliphatic heterocycles. The average molecular weight is 240 g/mol. The first-order valence-corrected chi connectivity index (χ1v) is 5.36. The van der Waals surface area contributed by atoms with Gasteiger partial charge in [-0.25, -0.2) is 4.52 Å². The standard InChI is InChI=1S/C10H14ClN5/c1-10(2,12)6-13-9-14-8-4-3-7(11)5-16(8)15-9/h3-5H,6,12H2,1-2H3,(H,13,15). The highest BCUT2D eigenvalue weighted by Gasteiger charge is 2.11. The molecule has 0 amide bonds. The minimum Gasteiger partial charge on any atom is -0.351 e. The maximum Gasteiger partial charge on any atom is 0.243 e. The van der Waals surface area contributed by atoms with E-state index in [9.17, 15) is 0 Å². The number of nitrogens with two attached hydrogens (primary N) is 1. The first-order chi connectivity index (χ1) is 7.44. The maximum atomic E-state index is 5.86. The largest absolute Gasteiger partial charge is 0.351 e. The third-order valence-corrected chi connectivity index (χ3v) is 2.22. The molecule has 0 spiro atoms. The number of aromatic nitrogens is 3. The van der Waals surface area contributed by atoms with E-state index in [0.29, 0.717) is 17.5 Å². The molecule has 0 atom stereocenters. The van der Waals surface area contributed by atoms with Gasteiger partial charge < -0.3 is 11.1 Å². The molecule has 0 aliphatic rings. The van der Waals surface area contributed by atoms with Crippen molar-refractivity contribution in [2.45, 2.75) is 19.4 Å². The smallest absolute Gasteiger partial charge is 0.243 e. The Hall–Kier alpha value is -1.33. The second-order valence-electron chi connectivity index (χ2n) is 4.43. The van der Waals surface area contributed by atoms with Crippen molar-refractivity contribution in [3.8, 4) is 0 Å². The number of nitrogens with one attached hydrogen (secondary N) is 1. The van der Waals surface area contributed by atoms with E-state index in [2.05, 4.69) is 15.4 Å². The van der Waals surface area contributed by atoms with E-state index >= 15 is 0 Å². The molecule has 0 radical (unpaired) electrons. The van der Waals surface area contributed by atoms with E-state index in [4.69, 9.17) is 17.3 Å². The van der Waals surface area contributed by atoms with Crippen LogP contribution in [-0.2, 0) is 0 Å². The van der Waals surface area contributed by atoms with Crippen LogP contribution < -0.4 is 11.1 Å². The summed E-state index contributed by atoms with van der Waals surface area (Å²) in [6.45, 7) is 4.48. The van der Waals surface area contributed by atoms with Crippen LogP contribution >= 0.6 is 11.6 Å². The van der Waals surface area contributed by atoms with Gasteiger partial charge in [-0.3, -0.25) is 0 Å². The number of anilines is 1. The Morgan fingerprint density at radius 3 is 2.94 bits per heavy atom. The molecule has 86 valence electrons. The molecule has 0 saturated carbocycles. The third kappa shape index (κ3) is 2.62. The molecule has 0 aromatic carbocycles. The molecule has 16 heavy (non-hydrogen) atoms. The Kier molecular flexibility index (Phi) is 2.73. The molecule has 5 nitrogen and oxygen atoms in total. The zero-order chi connectivity index (χ0) is 11.8. The summed E-state index contributed by atoms with van der Waals surface area (Å²) in [5.74, 6) is 0.556. The van der Waals surface area contributed by atoms with Crippen LogP contribution in [0.25, 0.3) is 5.65 Å². The molecular formula is C10H14ClN5. The van der Waals surface area contributed by atoms with Crippen molar-refractivity contribution in [2.24, 2.45) is 5.73 Å². The predicted octanol–water partition coefficient (Wildman–Crippen LogP) is 1.53.